The first-order valence-corrected chi connectivity index (χ1v) is 11.1. The minimum Gasteiger partial charge on any atom is -0.497 e. The topological polar surface area (TPSA) is 61.9 Å². The Bertz CT molecular complexity index is 861. The van der Waals surface area contributed by atoms with Crippen LogP contribution in [0.4, 0.5) is 5.69 Å². The van der Waals surface area contributed by atoms with Gasteiger partial charge in [0.25, 0.3) is 0 Å². The summed E-state index contributed by atoms with van der Waals surface area (Å²) in [7, 11) is -1.75. The number of hydrogen-bond donors (Lipinski definition) is 1. The van der Waals surface area contributed by atoms with Gasteiger partial charge in [0.2, 0.25) is 10.0 Å². The molecule has 0 spiro atoms. The van der Waals surface area contributed by atoms with Gasteiger partial charge in [-0.05, 0) is 61.9 Å². The SMILES string of the molecule is COc1ccc(N2CCN(CCCNS(=O)(=O)c3cccc(C)c3)CC2)cc1. The standard InChI is InChI=1S/C21H29N3O3S/c1-18-5-3-6-21(17-18)28(25,26)22-11-4-12-23-13-15-24(16-14-23)19-7-9-20(27-2)10-8-19/h3,5-10,17,22H,4,11-16H2,1-2H3. The van der Waals surface area contributed by atoms with E-state index in [0.29, 0.717) is 11.4 Å². The highest BCUT2D eigenvalue weighted by Crippen LogP contribution is 2.20. The molecular weight excluding hydrogens is 374 g/mol. The Balaban J connectivity index is 1.39. The van der Waals surface area contributed by atoms with Gasteiger partial charge in [-0.2, -0.15) is 0 Å². The fraction of sp³-hybridized carbons (Fsp3) is 0.429. The van der Waals surface area contributed by atoms with E-state index in [1.54, 1.807) is 25.3 Å². The molecule has 1 heterocycles. The van der Waals surface area contributed by atoms with Crippen molar-refractivity contribution < 1.29 is 13.2 Å². The number of piperazine rings is 1. The average molecular weight is 404 g/mol. The lowest BCUT2D eigenvalue weighted by Crippen LogP contribution is -2.47. The summed E-state index contributed by atoms with van der Waals surface area (Å²) in [5.41, 5.74) is 2.16. The fourth-order valence-corrected chi connectivity index (χ4v) is 4.58. The molecule has 0 atom stereocenters. The highest BCUT2D eigenvalue weighted by molar-refractivity contribution is 7.89. The third-order valence-electron chi connectivity index (χ3n) is 5.05. The normalized spacial score (nSPS) is 15.6. The minimum absolute atomic E-state index is 0.334. The van der Waals surface area contributed by atoms with Crippen molar-refractivity contribution in [3.05, 3.63) is 54.1 Å². The third kappa shape index (κ3) is 5.47. The van der Waals surface area contributed by atoms with Crippen LogP contribution in [0.1, 0.15) is 12.0 Å². The van der Waals surface area contributed by atoms with Gasteiger partial charge in [0.15, 0.2) is 0 Å². The maximum Gasteiger partial charge on any atom is 0.240 e. The molecule has 7 heteroatoms. The molecule has 1 fully saturated rings. The second-order valence-corrected chi connectivity index (χ2v) is 8.86. The minimum atomic E-state index is -3.42. The highest BCUT2D eigenvalue weighted by Gasteiger charge is 2.18. The predicted octanol–water partition coefficient (Wildman–Crippen LogP) is 2.49. The summed E-state index contributed by atoms with van der Waals surface area (Å²) < 4.78 is 32.6. The molecular formula is C21H29N3O3S. The molecule has 3 rings (SSSR count). The number of nitrogens with zero attached hydrogens (tertiary/aromatic N) is 2. The Labute approximate surface area is 168 Å². The van der Waals surface area contributed by atoms with Gasteiger partial charge in [0.05, 0.1) is 12.0 Å². The Kier molecular flexibility index (Phi) is 6.93. The van der Waals surface area contributed by atoms with Gasteiger partial charge in [0, 0.05) is 38.4 Å². The molecule has 28 heavy (non-hydrogen) atoms. The van der Waals surface area contributed by atoms with Crippen LogP contribution in [-0.2, 0) is 10.0 Å². The lowest BCUT2D eigenvalue weighted by atomic mass is 10.2. The fourth-order valence-electron chi connectivity index (χ4n) is 3.40. The second kappa shape index (κ2) is 9.41. The third-order valence-corrected chi connectivity index (χ3v) is 6.51. The molecule has 1 aliphatic rings. The van der Waals surface area contributed by atoms with E-state index < -0.39 is 10.0 Å². The number of benzene rings is 2. The maximum absolute atomic E-state index is 12.3. The molecule has 0 aromatic heterocycles. The summed E-state index contributed by atoms with van der Waals surface area (Å²) in [5, 5.41) is 0. The van der Waals surface area contributed by atoms with E-state index in [0.717, 1.165) is 50.5 Å². The molecule has 6 nitrogen and oxygen atoms in total. The molecule has 0 saturated carbocycles. The van der Waals surface area contributed by atoms with Crippen LogP contribution in [0.25, 0.3) is 0 Å². The molecule has 0 unspecified atom stereocenters. The van der Waals surface area contributed by atoms with Crippen molar-refractivity contribution in [2.45, 2.75) is 18.2 Å². The largest absolute Gasteiger partial charge is 0.497 e. The Morgan fingerprint density at radius 3 is 2.39 bits per heavy atom. The monoisotopic (exact) mass is 403 g/mol. The van der Waals surface area contributed by atoms with Crippen LogP contribution in [0.3, 0.4) is 0 Å². The number of aryl methyl sites for hydroxylation is 1. The number of hydrogen-bond acceptors (Lipinski definition) is 5. The van der Waals surface area contributed by atoms with Gasteiger partial charge < -0.3 is 9.64 Å². The quantitative estimate of drug-likeness (QED) is 0.686. The highest BCUT2D eigenvalue weighted by atomic mass is 32.2. The number of rotatable bonds is 8. The van der Waals surface area contributed by atoms with Crippen molar-refractivity contribution in [3.8, 4) is 5.75 Å². The zero-order chi connectivity index (χ0) is 20.0. The first-order chi connectivity index (χ1) is 13.5. The second-order valence-electron chi connectivity index (χ2n) is 7.09. The molecule has 1 aliphatic heterocycles. The van der Waals surface area contributed by atoms with Crippen molar-refractivity contribution in [2.75, 3.05) is 51.3 Å². The summed E-state index contributed by atoms with van der Waals surface area (Å²) in [5.74, 6) is 0.871. The Morgan fingerprint density at radius 1 is 1.04 bits per heavy atom. The van der Waals surface area contributed by atoms with Crippen LogP contribution in [-0.4, -0.2) is 59.7 Å². The molecule has 0 aliphatic carbocycles. The van der Waals surface area contributed by atoms with E-state index in [9.17, 15) is 8.42 Å². The van der Waals surface area contributed by atoms with Crippen molar-refractivity contribution in [2.24, 2.45) is 0 Å². The van der Waals surface area contributed by atoms with E-state index in [1.165, 1.54) is 5.69 Å². The summed E-state index contributed by atoms with van der Waals surface area (Å²) in [4.78, 5) is 5.10. The predicted molar refractivity (Wildman–Crippen MR) is 113 cm³/mol. The zero-order valence-electron chi connectivity index (χ0n) is 16.6. The van der Waals surface area contributed by atoms with Crippen LogP contribution < -0.4 is 14.4 Å². The lowest BCUT2D eigenvalue weighted by molar-refractivity contribution is 0.255. The molecule has 1 saturated heterocycles. The van der Waals surface area contributed by atoms with Crippen LogP contribution in [0.15, 0.2) is 53.4 Å². The molecule has 2 aromatic carbocycles. The summed E-state index contributed by atoms with van der Waals surface area (Å²) in [6, 6.07) is 15.2. The molecule has 0 bridgehead atoms. The lowest BCUT2D eigenvalue weighted by Gasteiger charge is -2.36. The van der Waals surface area contributed by atoms with Crippen molar-refractivity contribution in [1.82, 2.24) is 9.62 Å². The van der Waals surface area contributed by atoms with Crippen molar-refractivity contribution >= 4 is 15.7 Å². The van der Waals surface area contributed by atoms with E-state index in [-0.39, 0.29) is 0 Å². The van der Waals surface area contributed by atoms with Crippen molar-refractivity contribution in [1.29, 1.82) is 0 Å². The van der Waals surface area contributed by atoms with E-state index in [4.69, 9.17) is 4.74 Å². The molecule has 0 radical (unpaired) electrons. The number of anilines is 1. The Hall–Kier alpha value is -2.09. The van der Waals surface area contributed by atoms with Crippen molar-refractivity contribution in [3.63, 3.8) is 0 Å². The summed E-state index contributed by atoms with van der Waals surface area (Å²) >= 11 is 0. The van der Waals surface area contributed by atoms with Gasteiger partial charge >= 0.3 is 0 Å². The summed E-state index contributed by atoms with van der Waals surface area (Å²) in [6.45, 7) is 7.16. The number of nitrogens with one attached hydrogen (secondary N) is 1. The smallest absolute Gasteiger partial charge is 0.240 e. The van der Waals surface area contributed by atoms with E-state index >= 15 is 0 Å². The first-order valence-electron chi connectivity index (χ1n) is 9.65. The van der Waals surface area contributed by atoms with E-state index in [2.05, 4.69) is 26.7 Å². The first kappa shape index (κ1) is 20.6. The van der Waals surface area contributed by atoms with Gasteiger partial charge in [-0.25, -0.2) is 13.1 Å². The van der Waals surface area contributed by atoms with Gasteiger partial charge in [-0.3, -0.25) is 4.90 Å². The van der Waals surface area contributed by atoms with Crippen LogP contribution >= 0.6 is 0 Å². The number of ether oxygens (including phenoxy) is 1. The molecule has 152 valence electrons. The van der Waals surface area contributed by atoms with Crippen LogP contribution in [0.5, 0.6) is 5.75 Å². The summed E-state index contributed by atoms with van der Waals surface area (Å²) in [6.07, 6.45) is 0.799. The van der Waals surface area contributed by atoms with Gasteiger partial charge in [-0.15, -0.1) is 0 Å². The maximum atomic E-state index is 12.3. The average Bonchev–Trinajstić information content (AvgIpc) is 2.72. The number of sulfonamides is 1. The molecule has 1 N–H and O–H groups in total. The number of methoxy groups -OCH3 is 1. The Morgan fingerprint density at radius 2 is 1.75 bits per heavy atom. The van der Waals surface area contributed by atoms with Gasteiger partial charge in [0.1, 0.15) is 5.75 Å². The van der Waals surface area contributed by atoms with Gasteiger partial charge in [-0.1, -0.05) is 12.1 Å². The van der Waals surface area contributed by atoms with E-state index in [1.807, 2.05) is 25.1 Å². The molecule has 2 aromatic rings. The van der Waals surface area contributed by atoms with Crippen LogP contribution in [0, 0.1) is 6.92 Å². The van der Waals surface area contributed by atoms with Crippen LogP contribution in [0.2, 0.25) is 0 Å². The zero-order valence-corrected chi connectivity index (χ0v) is 17.4. The molecule has 0 amide bonds.